The van der Waals surface area contributed by atoms with Gasteiger partial charge in [-0.05, 0) is 36.8 Å². The van der Waals surface area contributed by atoms with Crippen molar-refractivity contribution in [1.82, 2.24) is 15.5 Å². The standard InChI is InChI=1S/C20H27N3O3/c1-2-3-4-7-13-21-17(24)14-23-18(25)20(22-19(23)26)12-8-10-15-9-5-6-11-16(15)20/h5-6,9,11H,2-4,7-8,10,12-14H2,1H3,(H,21,24)(H,22,26)/t20-/m0/s1. The van der Waals surface area contributed by atoms with Crippen LogP contribution in [0.4, 0.5) is 4.79 Å². The Kier molecular flexibility index (Phi) is 5.59. The van der Waals surface area contributed by atoms with Crippen LogP contribution in [0.2, 0.25) is 0 Å². The summed E-state index contributed by atoms with van der Waals surface area (Å²) in [5.74, 6) is -0.595. The molecule has 1 atom stereocenters. The molecule has 26 heavy (non-hydrogen) atoms. The van der Waals surface area contributed by atoms with Crippen LogP contribution in [0.15, 0.2) is 24.3 Å². The Morgan fingerprint density at radius 3 is 2.85 bits per heavy atom. The van der Waals surface area contributed by atoms with Crippen molar-refractivity contribution >= 4 is 17.8 Å². The minimum Gasteiger partial charge on any atom is -0.355 e. The number of nitrogens with zero attached hydrogens (tertiary/aromatic N) is 1. The minimum absolute atomic E-state index is 0.220. The second kappa shape index (κ2) is 7.89. The molecule has 1 aliphatic carbocycles. The zero-order valence-electron chi connectivity index (χ0n) is 15.3. The van der Waals surface area contributed by atoms with E-state index < -0.39 is 11.6 Å². The molecule has 1 aliphatic heterocycles. The third kappa shape index (κ3) is 3.45. The Morgan fingerprint density at radius 1 is 1.23 bits per heavy atom. The van der Waals surface area contributed by atoms with Gasteiger partial charge in [0.2, 0.25) is 5.91 Å². The van der Waals surface area contributed by atoms with E-state index in [1.165, 1.54) is 0 Å². The molecular weight excluding hydrogens is 330 g/mol. The van der Waals surface area contributed by atoms with E-state index in [-0.39, 0.29) is 18.4 Å². The highest BCUT2D eigenvalue weighted by molar-refractivity contribution is 6.09. The summed E-state index contributed by atoms with van der Waals surface area (Å²) in [6.45, 7) is 2.49. The number of aryl methyl sites for hydroxylation is 1. The van der Waals surface area contributed by atoms with Crippen LogP contribution >= 0.6 is 0 Å². The van der Waals surface area contributed by atoms with Gasteiger partial charge in [0.1, 0.15) is 12.1 Å². The van der Waals surface area contributed by atoms with Crippen LogP contribution < -0.4 is 10.6 Å². The van der Waals surface area contributed by atoms with Crippen molar-refractivity contribution in [3.63, 3.8) is 0 Å². The molecule has 0 aromatic heterocycles. The van der Waals surface area contributed by atoms with Crippen LogP contribution in [0.3, 0.4) is 0 Å². The van der Waals surface area contributed by atoms with Gasteiger partial charge in [0.05, 0.1) is 0 Å². The number of rotatable bonds is 7. The Balaban J connectivity index is 1.66. The number of fused-ring (bicyclic) bond motifs is 2. The number of nitrogens with one attached hydrogen (secondary N) is 2. The molecular formula is C20H27N3O3. The van der Waals surface area contributed by atoms with E-state index in [1.807, 2.05) is 24.3 Å². The first-order chi connectivity index (χ1) is 12.6. The first kappa shape index (κ1) is 18.4. The van der Waals surface area contributed by atoms with Gasteiger partial charge in [-0.1, -0.05) is 50.5 Å². The number of hydrogen-bond donors (Lipinski definition) is 2. The fourth-order valence-corrected chi connectivity index (χ4v) is 3.93. The normalized spacial score (nSPS) is 21.7. The van der Waals surface area contributed by atoms with Crippen molar-refractivity contribution in [3.8, 4) is 0 Å². The zero-order valence-corrected chi connectivity index (χ0v) is 15.3. The summed E-state index contributed by atoms with van der Waals surface area (Å²) < 4.78 is 0. The average molecular weight is 357 g/mol. The van der Waals surface area contributed by atoms with Crippen LogP contribution in [0, 0.1) is 0 Å². The predicted molar refractivity (Wildman–Crippen MR) is 98.5 cm³/mol. The van der Waals surface area contributed by atoms with Gasteiger partial charge in [0, 0.05) is 6.54 Å². The van der Waals surface area contributed by atoms with Crippen molar-refractivity contribution in [2.75, 3.05) is 13.1 Å². The van der Waals surface area contributed by atoms with Crippen molar-refractivity contribution in [3.05, 3.63) is 35.4 Å². The van der Waals surface area contributed by atoms with Gasteiger partial charge in [-0.3, -0.25) is 14.5 Å². The fourth-order valence-electron chi connectivity index (χ4n) is 3.93. The Labute approximate surface area is 154 Å². The Hall–Kier alpha value is -2.37. The molecule has 1 heterocycles. The predicted octanol–water partition coefficient (Wildman–Crippen LogP) is 2.47. The average Bonchev–Trinajstić information content (AvgIpc) is 2.87. The third-order valence-corrected chi connectivity index (χ3v) is 5.30. The molecule has 0 radical (unpaired) electrons. The highest BCUT2D eigenvalue weighted by atomic mass is 16.2. The summed E-state index contributed by atoms with van der Waals surface area (Å²) >= 11 is 0. The number of urea groups is 1. The van der Waals surface area contributed by atoms with E-state index in [0.717, 1.165) is 54.6 Å². The number of amides is 4. The number of carbonyl (C=O) groups excluding carboxylic acids is 3. The number of carbonyl (C=O) groups is 3. The molecule has 0 saturated carbocycles. The maximum absolute atomic E-state index is 13.1. The summed E-state index contributed by atoms with van der Waals surface area (Å²) in [5.41, 5.74) is 0.953. The molecule has 3 rings (SSSR count). The van der Waals surface area contributed by atoms with Gasteiger partial charge < -0.3 is 10.6 Å². The quantitative estimate of drug-likeness (QED) is 0.581. The van der Waals surface area contributed by atoms with Gasteiger partial charge in [-0.25, -0.2) is 4.79 Å². The van der Waals surface area contributed by atoms with Crippen molar-refractivity contribution in [2.24, 2.45) is 0 Å². The SMILES string of the molecule is CCCCCCNC(=O)CN1C(=O)N[C@]2(CCCc3ccccc32)C1=O. The molecule has 0 unspecified atom stereocenters. The lowest BCUT2D eigenvalue weighted by atomic mass is 9.76. The maximum Gasteiger partial charge on any atom is 0.325 e. The van der Waals surface area contributed by atoms with Gasteiger partial charge in [-0.15, -0.1) is 0 Å². The van der Waals surface area contributed by atoms with Crippen molar-refractivity contribution < 1.29 is 14.4 Å². The molecule has 4 amide bonds. The topological polar surface area (TPSA) is 78.5 Å². The zero-order chi connectivity index (χ0) is 18.6. The fraction of sp³-hybridized carbons (Fsp3) is 0.550. The van der Waals surface area contributed by atoms with Crippen LogP contribution in [0.1, 0.15) is 56.6 Å². The summed E-state index contributed by atoms with van der Waals surface area (Å²) in [5, 5.41) is 5.68. The van der Waals surface area contributed by atoms with E-state index in [2.05, 4.69) is 17.6 Å². The number of imide groups is 1. The van der Waals surface area contributed by atoms with Crippen LogP contribution in [0.5, 0.6) is 0 Å². The number of benzene rings is 1. The molecule has 0 bridgehead atoms. The first-order valence-electron chi connectivity index (χ1n) is 9.57. The largest absolute Gasteiger partial charge is 0.355 e. The van der Waals surface area contributed by atoms with E-state index in [4.69, 9.17) is 0 Å². The third-order valence-electron chi connectivity index (χ3n) is 5.30. The van der Waals surface area contributed by atoms with E-state index in [0.29, 0.717) is 13.0 Å². The monoisotopic (exact) mass is 357 g/mol. The number of unbranched alkanes of at least 4 members (excludes halogenated alkanes) is 3. The molecule has 1 aromatic rings. The molecule has 1 aromatic carbocycles. The molecule has 6 heteroatoms. The van der Waals surface area contributed by atoms with Gasteiger partial charge in [0.15, 0.2) is 0 Å². The molecule has 2 aliphatic rings. The maximum atomic E-state index is 13.1. The highest BCUT2D eigenvalue weighted by Gasteiger charge is 2.54. The van der Waals surface area contributed by atoms with Gasteiger partial charge >= 0.3 is 6.03 Å². The van der Waals surface area contributed by atoms with E-state index in [9.17, 15) is 14.4 Å². The first-order valence-corrected chi connectivity index (χ1v) is 9.57. The lowest BCUT2D eigenvalue weighted by Crippen LogP contribution is -2.47. The molecule has 2 N–H and O–H groups in total. The van der Waals surface area contributed by atoms with E-state index >= 15 is 0 Å². The molecule has 1 spiro atoms. The van der Waals surface area contributed by atoms with Crippen LogP contribution in [-0.2, 0) is 21.5 Å². The van der Waals surface area contributed by atoms with Gasteiger partial charge in [0.25, 0.3) is 5.91 Å². The van der Waals surface area contributed by atoms with Crippen LogP contribution in [-0.4, -0.2) is 35.8 Å². The smallest absolute Gasteiger partial charge is 0.325 e. The second-order valence-electron chi connectivity index (χ2n) is 7.15. The Morgan fingerprint density at radius 2 is 2.04 bits per heavy atom. The number of hydrogen-bond acceptors (Lipinski definition) is 3. The van der Waals surface area contributed by atoms with Crippen molar-refractivity contribution in [1.29, 1.82) is 0 Å². The molecule has 1 fully saturated rings. The highest BCUT2D eigenvalue weighted by Crippen LogP contribution is 2.39. The van der Waals surface area contributed by atoms with Crippen molar-refractivity contribution in [2.45, 2.75) is 57.4 Å². The molecule has 6 nitrogen and oxygen atoms in total. The van der Waals surface area contributed by atoms with Crippen LogP contribution in [0.25, 0.3) is 0 Å². The Bertz CT molecular complexity index is 703. The lowest BCUT2D eigenvalue weighted by molar-refractivity contribution is -0.135. The molecule has 140 valence electrons. The summed E-state index contributed by atoms with van der Waals surface area (Å²) in [6, 6.07) is 7.26. The summed E-state index contributed by atoms with van der Waals surface area (Å²) in [6.07, 6.45) is 6.57. The van der Waals surface area contributed by atoms with Gasteiger partial charge in [-0.2, -0.15) is 0 Å². The minimum atomic E-state index is -1.01. The lowest BCUT2D eigenvalue weighted by Gasteiger charge is -2.33. The summed E-state index contributed by atoms with van der Waals surface area (Å²) in [7, 11) is 0. The summed E-state index contributed by atoms with van der Waals surface area (Å²) in [4.78, 5) is 38.7. The van der Waals surface area contributed by atoms with E-state index in [1.54, 1.807) is 0 Å². The second-order valence-corrected chi connectivity index (χ2v) is 7.15. The molecule has 1 saturated heterocycles.